The van der Waals surface area contributed by atoms with Gasteiger partial charge in [0.15, 0.2) is 0 Å². The third-order valence-corrected chi connectivity index (χ3v) is 4.29. The molecule has 1 atom stereocenters. The standard InChI is InChI=1S/C16H19F6NO/c1-9(23-13-2-4-14(24)5-3-13)10-6-11(15(17,18)19)8-12(7-10)16(20,21)22/h6-9,13-14,23-24H,2-5H2,1H3/t9-,13?,14?/m1/s1. The van der Waals surface area contributed by atoms with Crippen LogP contribution in [0, 0.1) is 0 Å². The van der Waals surface area contributed by atoms with Gasteiger partial charge in [0, 0.05) is 12.1 Å². The van der Waals surface area contributed by atoms with Crippen LogP contribution in [0.2, 0.25) is 0 Å². The maximum absolute atomic E-state index is 12.9. The fraction of sp³-hybridized carbons (Fsp3) is 0.625. The summed E-state index contributed by atoms with van der Waals surface area (Å²) in [6.45, 7) is 1.54. The molecule has 136 valence electrons. The second kappa shape index (κ2) is 6.92. The summed E-state index contributed by atoms with van der Waals surface area (Å²) in [6, 6.07) is 0.948. The molecule has 0 saturated heterocycles. The largest absolute Gasteiger partial charge is 0.416 e. The zero-order valence-electron chi connectivity index (χ0n) is 13.0. The molecule has 1 aromatic rings. The van der Waals surface area contributed by atoms with Gasteiger partial charge < -0.3 is 10.4 Å². The Morgan fingerprint density at radius 1 is 0.917 bits per heavy atom. The van der Waals surface area contributed by atoms with Gasteiger partial charge in [-0.1, -0.05) is 0 Å². The SMILES string of the molecule is C[C@@H](NC1CCC(O)CC1)c1cc(C(F)(F)F)cc(C(F)(F)F)c1. The van der Waals surface area contributed by atoms with E-state index in [1.807, 2.05) is 0 Å². The van der Waals surface area contributed by atoms with E-state index < -0.39 is 29.5 Å². The predicted molar refractivity (Wildman–Crippen MR) is 76.3 cm³/mol. The first-order chi connectivity index (χ1) is 11.0. The minimum Gasteiger partial charge on any atom is -0.393 e. The summed E-state index contributed by atoms with van der Waals surface area (Å²) in [6.07, 6.45) is -7.66. The highest BCUT2D eigenvalue weighted by molar-refractivity contribution is 5.35. The van der Waals surface area contributed by atoms with E-state index in [2.05, 4.69) is 5.32 Å². The summed E-state index contributed by atoms with van der Waals surface area (Å²) in [5.74, 6) is 0. The molecule has 1 saturated carbocycles. The van der Waals surface area contributed by atoms with Crippen molar-refractivity contribution < 1.29 is 31.4 Å². The molecule has 0 aliphatic heterocycles. The maximum atomic E-state index is 12.9. The van der Waals surface area contributed by atoms with Gasteiger partial charge in [-0.25, -0.2) is 0 Å². The van der Waals surface area contributed by atoms with Crippen LogP contribution in [0.3, 0.4) is 0 Å². The number of hydrogen-bond donors (Lipinski definition) is 2. The molecule has 1 aromatic carbocycles. The van der Waals surface area contributed by atoms with Gasteiger partial charge in [-0.2, -0.15) is 26.3 Å². The minimum atomic E-state index is -4.84. The van der Waals surface area contributed by atoms with Gasteiger partial charge >= 0.3 is 12.4 Å². The minimum absolute atomic E-state index is 0.0349. The van der Waals surface area contributed by atoms with Crippen LogP contribution in [0.1, 0.15) is 55.3 Å². The van der Waals surface area contributed by atoms with Crippen molar-refractivity contribution >= 4 is 0 Å². The summed E-state index contributed by atoms with van der Waals surface area (Å²) >= 11 is 0. The van der Waals surface area contributed by atoms with Gasteiger partial charge in [-0.05, 0) is 56.4 Å². The van der Waals surface area contributed by atoms with Crippen LogP contribution in [0.5, 0.6) is 0 Å². The van der Waals surface area contributed by atoms with Crippen molar-refractivity contribution in [3.8, 4) is 0 Å². The molecule has 8 heteroatoms. The molecule has 1 aliphatic rings. The number of hydrogen-bond acceptors (Lipinski definition) is 2. The summed E-state index contributed by atoms with van der Waals surface area (Å²) in [5.41, 5.74) is -2.66. The summed E-state index contributed by atoms with van der Waals surface area (Å²) in [5, 5.41) is 12.5. The van der Waals surface area contributed by atoms with E-state index in [1.54, 1.807) is 6.92 Å². The zero-order chi connectivity index (χ0) is 18.1. The van der Waals surface area contributed by atoms with E-state index >= 15 is 0 Å². The molecule has 0 spiro atoms. The van der Waals surface area contributed by atoms with Crippen molar-refractivity contribution in [2.45, 2.75) is 63.1 Å². The Balaban J connectivity index is 2.24. The second-order valence-electron chi connectivity index (χ2n) is 6.23. The predicted octanol–water partition coefficient (Wildman–Crippen LogP) is 4.68. The first-order valence-electron chi connectivity index (χ1n) is 7.70. The lowest BCUT2D eigenvalue weighted by Gasteiger charge is -2.29. The summed E-state index contributed by atoms with van der Waals surface area (Å²) in [7, 11) is 0. The van der Waals surface area contributed by atoms with Gasteiger partial charge in [-0.15, -0.1) is 0 Å². The third-order valence-electron chi connectivity index (χ3n) is 4.29. The summed E-state index contributed by atoms with van der Waals surface area (Å²) < 4.78 is 77.3. The van der Waals surface area contributed by atoms with Crippen molar-refractivity contribution in [1.29, 1.82) is 0 Å². The molecule has 0 unspecified atom stereocenters. The number of nitrogens with one attached hydrogen (secondary N) is 1. The van der Waals surface area contributed by atoms with Gasteiger partial charge in [-0.3, -0.25) is 0 Å². The van der Waals surface area contributed by atoms with Gasteiger partial charge in [0.05, 0.1) is 17.2 Å². The molecule has 2 N–H and O–H groups in total. The highest BCUT2D eigenvalue weighted by atomic mass is 19.4. The number of benzene rings is 1. The molecule has 1 fully saturated rings. The molecule has 2 rings (SSSR count). The number of halogens is 6. The van der Waals surface area contributed by atoms with Crippen LogP contribution in [0.25, 0.3) is 0 Å². The van der Waals surface area contributed by atoms with Crippen LogP contribution in [0.15, 0.2) is 18.2 Å². The second-order valence-corrected chi connectivity index (χ2v) is 6.23. The molecule has 0 amide bonds. The number of alkyl halides is 6. The smallest absolute Gasteiger partial charge is 0.393 e. The van der Waals surface area contributed by atoms with E-state index in [9.17, 15) is 31.4 Å². The first kappa shape index (κ1) is 19.1. The molecular weight excluding hydrogens is 336 g/mol. The number of rotatable bonds is 3. The van der Waals surface area contributed by atoms with Crippen LogP contribution in [-0.4, -0.2) is 17.3 Å². The Bertz CT molecular complexity index is 528. The average molecular weight is 355 g/mol. The van der Waals surface area contributed by atoms with Gasteiger partial charge in [0.25, 0.3) is 0 Å². The first-order valence-corrected chi connectivity index (χ1v) is 7.70. The molecule has 0 radical (unpaired) electrons. The van der Waals surface area contributed by atoms with Crippen molar-refractivity contribution in [3.63, 3.8) is 0 Å². The van der Waals surface area contributed by atoms with Crippen molar-refractivity contribution in [3.05, 3.63) is 34.9 Å². The number of aliphatic hydroxyl groups excluding tert-OH is 1. The van der Waals surface area contributed by atoms with E-state index in [0.717, 1.165) is 12.1 Å². The molecule has 0 bridgehead atoms. The Kier molecular flexibility index (Phi) is 5.49. The van der Waals surface area contributed by atoms with Crippen LogP contribution in [0.4, 0.5) is 26.3 Å². The molecule has 1 aliphatic carbocycles. The van der Waals surface area contributed by atoms with Crippen LogP contribution >= 0.6 is 0 Å². The van der Waals surface area contributed by atoms with E-state index in [-0.39, 0.29) is 23.8 Å². The quantitative estimate of drug-likeness (QED) is 0.772. The Hall–Kier alpha value is -1.28. The fourth-order valence-corrected chi connectivity index (χ4v) is 2.92. The Morgan fingerprint density at radius 2 is 1.38 bits per heavy atom. The van der Waals surface area contributed by atoms with Crippen molar-refractivity contribution in [1.82, 2.24) is 5.32 Å². The lowest BCUT2D eigenvalue weighted by Crippen LogP contribution is -2.36. The average Bonchev–Trinajstić information content (AvgIpc) is 2.47. The third kappa shape index (κ3) is 4.86. The molecule has 0 heterocycles. The highest BCUT2D eigenvalue weighted by Crippen LogP contribution is 2.37. The normalized spacial score (nSPS) is 24.0. The monoisotopic (exact) mass is 355 g/mol. The van der Waals surface area contributed by atoms with Crippen molar-refractivity contribution in [2.75, 3.05) is 0 Å². The molecule has 0 aromatic heterocycles. The lowest BCUT2D eigenvalue weighted by atomic mass is 9.91. The van der Waals surface area contributed by atoms with Gasteiger partial charge in [0.1, 0.15) is 0 Å². The Morgan fingerprint density at radius 3 is 1.79 bits per heavy atom. The van der Waals surface area contributed by atoms with Crippen molar-refractivity contribution in [2.24, 2.45) is 0 Å². The van der Waals surface area contributed by atoms with E-state index in [1.165, 1.54) is 0 Å². The summed E-state index contributed by atoms with van der Waals surface area (Å²) in [4.78, 5) is 0. The molecular formula is C16H19F6NO. The molecule has 24 heavy (non-hydrogen) atoms. The Labute approximate surface area is 135 Å². The van der Waals surface area contributed by atoms with Crippen LogP contribution in [-0.2, 0) is 12.4 Å². The lowest BCUT2D eigenvalue weighted by molar-refractivity contribution is -0.143. The molecule has 2 nitrogen and oxygen atoms in total. The van der Waals surface area contributed by atoms with E-state index in [0.29, 0.717) is 25.7 Å². The number of aliphatic hydroxyl groups is 1. The topological polar surface area (TPSA) is 32.3 Å². The van der Waals surface area contributed by atoms with Gasteiger partial charge in [0.2, 0.25) is 0 Å². The highest BCUT2D eigenvalue weighted by Gasteiger charge is 2.37. The zero-order valence-corrected chi connectivity index (χ0v) is 13.0. The van der Waals surface area contributed by atoms with Crippen LogP contribution < -0.4 is 5.32 Å². The fourth-order valence-electron chi connectivity index (χ4n) is 2.92. The maximum Gasteiger partial charge on any atom is 0.416 e. The van der Waals surface area contributed by atoms with E-state index in [4.69, 9.17) is 0 Å².